The molecule has 0 saturated heterocycles. The number of fused-ring (bicyclic) bond motifs is 3. The van der Waals surface area contributed by atoms with Gasteiger partial charge in [0.25, 0.3) is 5.91 Å². The van der Waals surface area contributed by atoms with Crippen LogP contribution in [-0.2, 0) is 20.8 Å². The van der Waals surface area contributed by atoms with Crippen LogP contribution in [0, 0.1) is 18.8 Å². The monoisotopic (exact) mass is 463 g/mol. The summed E-state index contributed by atoms with van der Waals surface area (Å²) in [6.45, 7) is 1.47. The Morgan fingerprint density at radius 3 is 2.44 bits per heavy atom. The number of likely N-dealkylation sites (N-methyl/N-ethyl adjacent to an activating group) is 1. The van der Waals surface area contributed by atoms with Crippen LogP contribution in [0.4, 0.5) is 0 Å². The number of halogens is 1. The Labute approximate surface area is 187 Å². The van der Waals surface area contributed by atoms with Crippen molar-refractivity contribution in [2.24, 2.45) is 17.6 Å². The number of pyridine rings is 1. The fourth-order valence-corrected chi connectivity index (χ4v) is 5.57. The molecule has 0 bridgehead atoms. The molecular weight excluding hydrogens is 442 g/mol. The number of aromatic hydroxyl groups is 1. The van der Waals surface area contributed by atoms with E-state index in [1.807, 2.05) is 0 Å². The molecule has 6 N–H and O–H groups in total. The van der Waals surface area contributed by atoms with E-state index in [2.05, 4.69) is 4.98 Å². The van der Waals surface area contributed by atoms with Crippen molar-refractivity contribution in [1.82, 2.24) is 9.88 Å². The van der Waals surface area contributed by atoms with Crippen LogP contribution in [0.25, 0.3) is 5.76 Å². The van der Waals surface area contributed by atoms with Crippen molar-refractivity contribution in [1.29, 1.82) is 0 Å². The normalized spacial score (nSPS) is 29.8. The number of aromatic nitrogens is 1. The Morgan fingerprint density at radius 1 is 1.25 bits per heavy atom. The summed E-state index contributed by atoms with van der Waals surface area (Å²) < 4.78 is 0. The van der Waals surface area contributed by atoms with Crippen molar-refractivity contribution < 1.29 is 34.8 Å². The standard InChI is InChI=1S/C21H22ClN3O7/c1-6-14(26)11-8(19(22)24-6)4-7-5-9-13(25(2)3)16(28)12(20(23)31)18(30)21(9,32)17(29)10(7)15(11)27/h7,9,13,26-27,30,32H,4-5H2,1-3H3,(H2,23,31)/t7-,9-,13-,21-/m0/s1. The fraction of sp³-hybridized carbons (Fsp3) is 0.429. The lowest BCUT2D eigenvalue weighted by molar-refractivity contribution is -0.153. The third-order valence-corrected chi connectivity index (χ3v) is 7.02. The average Bonchev–Trinajstić information content (AvgIpc) is 2.68. The van der Waals surface area contributed by atoms with Gasteiger partial charge in [-0.15, -0.1) is 0 Å². The van der Waals surface area contributed by atoms with Gasteiger partial charge in [-0.25, -0.2) is 4.98 Å². The van der Waals surface area contributed by atoms with E-state index in [1.165, 1.54) is 25.9 Å². The number of hydrogen-bond donors (Lipinski definition) is 5. The third kappa shape index (κ3) is 2.66. The van der Waals surface area contributed by atoms with E-state index in [9.17, 15) is 34.8 Å². The number of nitrogens with zero attached hydrogens (tertiary/aromatic N) is 2. The third-order valence-electron chi connectivity index (χ3n) is 6.71. The Balaban J connectivity index is 2.00. The number of aryl methyl sites for hydroxylation is 1. The summed E-state index contributed by atoms with van der Waals surface area (Å²) in [5.41, 5.74) is 1.94. The number of amides is 1. The van der Waals surface area contributed by atoms with Crippen molar-refractivity contribution >= 4 is 34.8 Å². The molecule has 0 radical (unpaired) electrons. The number of carbonyl (C=O) groups is 3. The number of hydrogen-bond acceptors (Lipinski definition) is 9. The summed E-state index contributed by atoms with van der Waals surface area (Å²) >= 11 is 6.25. The summed E-state index contributed by atoms with van der Waals surface area (Å²) in [6, 6.07) is -1.13. The smallest absolute Gasteiger partial charge is 0.255 e. The largest absolute Gasteiger partial charge is 0.508 e. The molecule has 1 heterocycles. The minimum atomic E-state index is -2.66. The van der Waals surface area contributed by atoms with Gasteiger partial charge in [-0.1, -0.05) is 11.6 Å². The molecule has 11 heteroatoms. The van der Waals surface area contributed by atoms with Crippen molar-refractivity contribution in [3.63, 3.8) is 0 Å². The molecule has 32 heavy (non-hydrogen) atoms. The molecule has 3 aliphatic carbocycles. The van der Waals surface area contributed by atoms with Crippen LogP contribution in [0.2, 0.25) is 5.15 Å². The molecule has 0 aromatic carbocycles. The molecule has 1 fully saturated rings. The number of carbonyl (C=O) groups excluding carboxylic acids is 3. The molecule has 4 atom stereocenters. The average molecular weight is 464 g/mol. The Morgan fingerprint density at radius 2 is 1.88 bits per heavy atom. The van der Waals surface area contributed by atoms with Gasteiger partial charge < -0.3 is 26.2 Å². The quantitative estimate of drug-likeness (QED) is 0.305. The maximum Gasteiger partial charge on any atom is 0.255 e. The summed E-state index contributed by atoms with van der Waals surface area (Å²) in [7, 11) is 3.07. The zero-order valence-corrected chi connectivity index (χ0v) is 18.3. The second-order valence-electron chi connectivity index (χ2n) is 8.65. The van der Waals surface area contributed by atoms with Crippen LogP contribution < -0.4 is 5.73 Å². The minimum Gasteiger partial charge on any atom is -0.508 e. The second kappa shape index (κ2) is 7.03. The van der Waals surface area contributed by atoms with Gasteiger partial charge in [0.1, 0.15) is 28.0 Å². The van der Waals surface area contributed by atoms with E-state index >= 15 is 0 Å². The predicted octanol–water partition coefficient (Wildman–Crippen LogP) is 0.321. The molecule has 0 aliphatic heterocycles. The van der Waals surface area contributed by atoms with Gasteiger partial charge in [0.2, 0.25) is 5.78 Å². The van der Waals surface area contributed by atoms with Gasteiger partial charge in [0.05, 0.1) is 17.3 Å². The van der Waals surface area contributed by atoms with E-state index in [-0.39, 0.29) is 40.6 Å². The molecule has 4 rings (SSSR count). The zero-order chi connectivity index (χ0) is 23.9. The molecule has 0 spiro atoms. The second-order valence-corrected chi connectivity index (χ2v) is 9.01. The predicted molar refractivity (Wildman–Crippen MR) is 112 cm³/mol. The van der Waals surface area contributed by atoms with E-state index in [0.29, 0.717) is 5.56 Å². The molecule has 10 nitrogen and oxygen atoms in total. The lowest BCUT2D eigenvalue weighted by Crippen LogP contribution is -2.65. The van der Waals surface area contributed by atoms with Gasteiger partial charge in [-0.05, 0) is 39.8 Å². The molecule has 0 unspecified atom stereocenters. The van der Waals surface area contributed by atoms with Crippen LogP contribution in [0.1, 0.15) is 23.2 Å². The Hall–Kier alpha value is -2.95. The number of nitrogens with two attached hydrogens (primary N) is 1. The maximum absolute atomic E-state index is 13.6. The van der Waals surface area contributed by atoms with Crippen molar-refractivity contribution in [3.05, 3.63) is 38.9 Å². The van der Waals surface area contributed by atoms with Gasteiger partial charge in [0, 0.05) is 17.1 Å². The summed E-state index contributed by atoms with van der Waals surface area (Å²) in [5.74, 6) is -7.04. The van der Waals surface area contributed by atoms with Crippen molar-refractivity contribution in [3.8, 4) is 5.75 Å². The Kier molecular flexibility index (Phi) is 4.89. The number of Topliss-reactive ketones (excluding diaryl/α,β-unsaturated/α-hetero) is 2. The highest BCUT2D eigenvalue weighted by atomic mass is 35.5. The summed E-state index contributed by atoms with van der Waals surface area (Å²) in [5, 5.41) is 43.7. The van der Waals surface area contributed by atoms with Gasteiger partial charge >= 0.3 is 0 Å². The maximum atomic E-state index is 13.6. The topological polar surface area (TPSA) is 174 Å². The SMILES string of the molecule is Cc1nc(Cl)c2c(c1O)C(O)=C1C(=O)[C@]3(O)C(O)=C(C(N)=O)C(=O)[C@@H](N(C)C)[C@@H]3C[C@@H]1C2. The van der Waals surface area contributed by atoms with Crippen LogP contribution in [0.5, 0.6) is 5.75 Å². The van der Waals surface area contributed by atoms with E-state index < -0.39 is 58.0 Å². The molecule has 1 aromatic rings. The lowest BCUT2D eigenvalue weighted by atomic mass is 9.57. The first-order valence-corrected chi connectivity index (χ1v) is 10.2. The van der Waals surface area contributed by atoms with Crippen LogP contribution in [0.15, 0.2) is 16.9 Å². The molecule has 3 aliphatic rings. The fourth-order valence-electron chi connectivity index (χ4n) is 5.27. The van der Waals surface area contributed by atoms with E-state index in [0.717, 1.165) is 0 Å². The van der Waals surface area contributed by atoms with Crippen molar-refractivity contribution in [2.75, 3.05) is 14.1 Å². The number of ketones is 2. The first kappa shape index (κ1) is 22.3. The molecule has 170 valence electrons. The molecular formula is C21H22ClN3O7. The highest BCUT2D eigenvalue weighted by Crippen LogP contribution is 2.53. The highest BCUT2D eigenvalue weighted by Gasteiger charge is 2.64. The van der Waals surface area contributed by atoms with E-state index in [1.54, 1.807) is 0 Å². The molecule has 1 amide bonds. The van der Waals surface area contributed by atoms with Crippen molar-refractivity contribution in [2.45, 2.75) is 31.4 Å². The first-order valence-electron chi connectivity index (χ1n) is 9.86. The number of primary amides is 1. The lowest BCUT2D eigenvalue weighted by Gasteiger charge is -2.50. The number of rotatable bonds is 2. The summed E-state index contributed by atoms with van der Waals surface area (Å²) in [6.07, 6.45) is 0.102. The minimum absolute atomic E-state index is 0.00324. The number of aliphatic hydroxyl groups excluding tert-OH is 2. The number of aliphatic hydroxyl groups is 3. The molecule has 1 saturated carbocycles. The van der Waals surface area contributed by atoms with Gasteiger partial charge in [-0.3, -0.25) is 19.3 Å². The van der Waals surface area contributed by atoms with E-state index in [4.69, 9.17) is 17.3 Å². The first-order chi connectivity index (χ1) is 14.8. The van der Waals surface area contributed by atoms with Crippen LogP contribution >= 0.6 is 11.6 Å². The van der Waals surface area contributed by atoms with Gasteiger partial charge in [-0.2, -0.15) is 0 Å². The zero-order valence-electron chi connectivity index (χ0n) is 17.5. The van der Waals surface area contributed by atoms with Crippen LogP contribution in [0.3, 0.4) is 0 Å². The van der Waals surface area contributed by atoms with Crippen LogP contribution in [-0.4, -0.2) is 73.5 Å². The van der Waals surface area contributed by atoms with Gasteiger partial charge in [0.15, 0.2) is 11.4 Å². The molecule has 1 aromatic heterocycles. The highest BCUT2D eigenvalue weighted by molar-refractivity contribution is 6.30. The Bertz CT molecular complexity index is 1170. The summed E-state index contributed by atoms with van der Waals surface area (Å²) in [4.78, 5) is 44.0.